The topological polar surface area (TPSA) is 61.8 Å². The van der Waals surface area contributed by atoms with Crippen LogP contribution in [0.25, 0.3) is 0 Å². The molecule has 1 aromatic rings. The maximum Gasteiger partial charge on any atom is 0.168 e. The molecule has 0 spiro atoms. The Labute approximate surface area is 100.0 Å². The Balaban J connectivity index is 3.27. The Morgan fingerprint density at radius 1 is 1.64 bits per heavy atom. The number of nitriles is 1. The summed E-state index contributed by atoms with van der Waals surface area (Å²) in [6, 6.07) is 5.28. The van der Waals surface area contributed by atoms with Crippen molar-refractivity contribution in [3.63, 3.8) is 0 Å². The number of nitrogens with one attached hydrogen (secondary N) is 1. The number of nitrogens with two attached hydrogens (primary N) is 1. The standard InChI is InChI=1S/C8H5BrClN3S/c9-5-1-4(3-11)7(6(10)2-5)13-8(12)14/h1-2H,(H3,12,13,14). The van der Waals surface area contributed by atoms with Gasteiger partial charge in [0.1, 0.15) is 6.07 Å². The molecule has 0 bridgehead atoms. The monoisotopic (exact) mass is 289 g/mol. The summed E-state index contributed by atoms with van der Waals surface area (Å²) in [6.45, 7) is 0. The SMILES string of the molecule is N#Cc1cc(Br)cc(Cl)c1NC(N)=S. The summed E-state index contributed by atoms with van der Waals surface area (Å²) in [5, 5.41) is 11.9. The van der Waals surface area contributed by atoms with Crippen molar-refractivity contribution in [2.24, 2.45) is 5.73 Å². The Bertz CT molecular complexity index is 427. The minimum atomic E-state index is 0.0747. The maximum absolute atomic E-state index is 8.83. The van der Waals surface area contributed by atoms with Gasteiger partial charge >= 0.3 is 0 Å². The molecule has 14 heavy (non-hydrogen) atoms. The predicted molar refractivity (Wildman–Crippen MR) is 64.3 cm³/mol. The molecule has 0 aliphatic heterocycles. The van der Waals surface area contributed by atoms with Crippen LogP contribution in [0.4, 0.5) is 5.69 Å². The van der Waals surface area contributed by atoms with Gasteiger partial charge in [-0.1, -0.05) is 27.5 Å². The van der Waals surface area contributed by atoms with E-state index in [1.807, 2.05) is 6.07 Å². The first-order chi connectivity index (χ1) is 6.54. The van der Waals surface area contributed by atoms with E-state index in [2.05, 4.69) is 33.5 Å². The molecule has 0 saturated carbocycles. The van der Waals surface area contributed by atoms with Gasteiger partial charge in [-0.05, 0) is 24.4 Å². The summed E-state index contributed by atoms with van der Waals surface area (Å²) < 4.78 is 0.729. The summed E-state index contributed by atoms with van der Waals surface area (Å²) in [4.78, 5) is 0. The van der Waals surface area contributed by atoms with Crippen LogP contribution in [-0.2, 0) is 0 Å². The Hall–Kier alpha value is -0.830. The lowest BCUT2D eigenvalue weighted by atomic mass is 10.2. The zero-order valence-corrected chi connectivity index (χ0v) is 10.0. The molecule has 0 unspecified atom stereocenters. The molecular formula is C8H5BrClN3S. The first kappa shape index (κ1) is 11.2. The van der Waals surface area contributed by atoms with Crippen LogP contribution in [0.2, 0.25) is 5.02 Å². The van der Waals surface area contributed by atoms with Crippen LogP contribution in [-0.4, -0.2) is 5.11 Å². The highest BCUT2D eigenvalue weighted by Gasteiger charge is 2.08. The lowest BCUT2D eigenvalue weighted by molar-refractivity contribution is 1.46. The second kappa shape index (κ2) is 4.60. The summed E-state index contributed by atoms with van der Waals surface area (Å²) in [6.07, 6.45) is 0. The van der Waals surface area contributed by atoms with E-state index in [1.54, 1.807) is 12.1 Å². The number of rotatable bonds is 1. The minimum absolute atomic E-state index is 0.0747. The van der Waals surface area contributed by atoms with Crippen LogP contribution in [0.1, 0.15) is 5.56 Å². The number of thiocarbonyl (C=S) groups is 1. The molecule has 1 aromatic carbocycles. The van der Waals surface area contributed by atoms with Gasteiger partial charge in [-0.3, -0.25) is 0 Å². The molecule has 6 heteroatoms. The fraction of sp³-hybridized carbons (Fsp3) is 0. The summed E-state index contributed by atoms with van der Waals surface area (Å²) in [7, 11) is 0. The van der Waals surface area contributed by atoms with Gasteiger partial charge in [0.2, 0.25) is 0 Å². The van der Waals surface area contributed by atoms with Crippen molar-refractivity contribution < 1.29 is 0 Å². The molecule has 0 aliphatic carbocycles. The fourth-order valence-corrected chi connectivity index (χ4v) is 1.87. The van der Waals surface area contributed by atoms with Crippen molar-refractivity contribution in [2.75, 3.05) is 5.32 Å². The maximum atomic E-state index is 8.83. The molecule has 0 atom stereocenters. The van der Waals surface area contributed by atoms with Gasteiger partial charge in [-0.25, -0.2) is 0 Å². The van der Waals surface area contributed by atoms with E-state index >= 15 is 0 Å². The average molecular weight is 291 g/mol. The molecule has 0 fully saturated rings. The highest BCUT2D eigenvalue weighted by Crippen LogP contribution is 2.29. The van der Waals surface area contributed by atoms with Crippen LogP contribution in [0.5, 0.6) is 0 Å². The summed E-state index contributed by atoms with van der Waals surface area (Å²) in [5.74, 6) is 0. The van der Waals surface area contributed by atoms with Crippen molar-refractivity contribution in [2.45, 2.75) is 0 Å². The van der Waals surface area contributed by atoms with Gasteiger partial charge in [-0.15, -0.1) is 0 Å². The second-order valence-electron chi connectivity index (χ2n) is 2.41. The number of anilines is 1. The second-order valence-corrected chi connectivity index (χ2v) is 4.17. The molecule has 3 nitrogen and oxygen atoms in total. The van der Waals surface area contributed by atoms with E-state index in [9.17, 15) is 0 Å². The van der Waals surface area contributed by atoms with Crippen molar-refractivity contribution >= 4 is 50.5 Å². The Morgan fingerprint density at radius 3 is 2.79 bits per heavy atom. The molecule has 1 rings (SSSR count). The third-order valence-electron chi connectivity index (χ3n) is 1.42. The van der Waals surface area contributed by atoms with E-state index in [4.69, 9.17) is 22.6 Å². The number of halogens is 2. The van der Waals surface area contributed by atoms with Gasteiger partial charge in [0, 0.05) is 4.47 Å². The quantitative estimate of drug-likeness (QED) is 0.781. The number of benzene rings is 1. The van der Waals surface area contributed by atoms with Crippen molar-refractivity contribution in [3.8, 4) is 6.07 Å². The molecule has 72 valence electrons. The summed E-state index contributed by atoms with van der Waals surface area (Å²) >= 11 is 13.8. The third-order valence-corrected chi connectivity index (χ3v) is 2.28. The van der Waals surface area contributed by atoms with Gasteiger partial charge in [0.25, 0.3) is 0 Å². The zero-order chi connectivity index (χ0) is 10.7. The molecule has 0 saturated heterocycles. The lowest BCUT2D eigenvalue weighted by Crippen LogP contribution is -2.19. The van der Waals surface area contributed by atoms with E-state index in [-0.39, 0.29) is 5.11 Å². The van der Waals surface area contributed by atoms with Crippen LogP contribution >= 0.6 is 39.7 Å². The van der Waals surface area contributed by atoms with E-state index in [1.165, 1.54) is 0 Å². The van der Waals surface area contributed by atoms with E-state index < -0.39 is 0 Å². The van der Waals surface area contributed by atoms with Crippen LogP contribution < -0.4 is 11.1 Å². The van der Waals surface area contributed by atoms with Crippen LogP contribution in [0.3, 0.4) is 0 Å². The van der Waals surface area contributed by atoms with Crippen molar-refractivity contribution in [3.05, 3.63) is 27.2 Å². The fourth-order valence-electron chi connectivity index (χ4n) is 0.912. The lowest BCUT2D eigenvalue weighted by Gasteiger charge is -2.08. The normalized spacial score (nSPS) is 9.21. The molecule has 0 radical (unpaired) electrons. The summed E-state index contributed by atoms with van der Waals surface area (Å²) in [5.41, 5.74) is 6.12. The molecule has 0 heterocycles. The first-order valence-electron chi connectivity index (χ1n) is 3.50. The van der Waals surface area contributed by atoms with Crippen molar-refractivity contribution in [1.29, 1.82) is 5.26 Å². The molecule has 3 N–H and O–H groups in total. The third kappa shape index (κ3) is 2.58. The molecule has 0 amide bonds. The number of hydrogen-bond acceptors (Lipinski definition) is 2. The highest BCUT2D eigenvalue weighted by atomic mass is 79.9. The minimum Gasteiger partial charge on any atom is -0.376 e. The predicted octanol–water partition coefficient (Wildman–Crippen LogP) is 2.63. The van der Waals surface area contributed by atoms with Gasteiger partial charge < -0.3 is 11.1 Å². The Morgan fingerprint density at radius 2 is 2.29 bits per heavy atom. The highest BCUT2D eigenvalue weighted by molar-refractivity contribution is 9.10. The smallest absolute Gasteiger partial charge is 0.168 e. The van der Waals surface area contributed by atoms with Gasteiger partial charge in [0.05, 0.1) is 16.3 Å². The zero-order valence-electron chi connectivity index (χ0n) is 6.84. The van der Waals surface area contributed by atoms with Gasteiger partial charge in [-0.2, -0.15) is 5.26 Å². The molecule has 0 aromatic heterocycles. The van der Waals surface area contributed by atoms with E-state index in [0.717, 1.165) is 4.47 Å². The van der Waals surface area contributed by atoms with Crippen molar-refractivity contribution in [1.82, 2.24) is 0 Å². The van der Waals surface area contributed by atoms with Crippen LogP contribution in [0, 0.1) is 11.3 Å². The number of nitrogens with zero attached hydrogens (tertiary/aromatic N) is 1. The van der Waals surface area contributed by atoms with Crippen LogP contribution in [0.15, 0.2) is 16.6 Å². The Kier molecular flexibility index (Phi) is 3.69. The average Bonchev–Trinajstić information content (AvgIpc) is 2.08. The largest absolute Gasteiger partial charge is 0.376 e. The first-order valence-corrected chi connectivity index (χ1v) is 5.08. The molecule has 0 aliphatic rings. The molecular weight excluding hydrogens is 286 g/mol. The van der Waals surface area contributed by atoms with Gasteiger partial charge in [0.15, 0.2) is 5.11 Å². The number of hydrogen-bond donors (Lipinski definition) is 2. The van der Waals surface area contributed by atoms with E-state index in [0.29, 0.717) is 16.3 Å².